The second-order valence-electron chi connectivity index (χ2n) is 3.02. The molecule has 0 radical (unpaired) electrons. The fourth-order valence-electron chi connectivity index (χ4n) is 1.17. The van der Waals surface area contributed by atoms with E-state index in [1.807, 2.05) is 18.4 Å². The van der Waals surface area contributed by atoms with E-state index >= 15 is 0 Å². The third kappa shape index (κ3) is 3.38. The zero-order valence-corrected chi connectivity index (χ0v) is 9.34. The summed E-state index contributed by atoms with van der Waals surface area (Å²) in [5, 5.41) is 11.7. The van der Waals surface area contributed by atoms with Crippen LogP contribution in [0, 0.1) is 6.92 Å². The first-order valence-electron chi connectivity index (χ1n) is 4.54. The predicted octanol–water partition coefficient (Wildman–Crippen LogP) is 1.75. The molecule has 0 aliphatic rings. The van der Waals surface area contributed by atoms with E-state index in [1.165, 1.54) is 0 Å². The van der Waals surface area contributed by atoms with Crippen molar-refractivity contribution in [1.29, 1.82) is 0 Å². The molecule has 80 valence electrons. The summed E-state index contributed by atoms with van der Waals surface area (Å²) in [5.41, 5.74) is 0.965. The van der Waals surface area contributed by atoms with Gasteiger partial charge in [-0.25, -0.2) is 0 Å². The monoisotopic (exact) mass is 216 g/mol. The van der Waals surface area contributed by atoms with Crippen LogP contribution in [0.1, 0.15) is 16.5 Å². The van der Waals surface area contributed by atoms with Crippen LogP contribution in [0.3, 0.4) is 0 Å². The van der Waals surface area contributed by atoms with Gasteiger partial charge >= 0.3 is 0 Å². The highest BCUT2D eigenvalue weighted by Gasteiger charge is 2.10. The predicted molar refractivity (Wildman–Crippen MR) is 56.7 cm³/mol. The molecule has 0 saturated carbocycles. The molecule has 0 saturated heterocycles. The van der Waals surface area contributed by atoms with Gasteiger partial charge in [-0.05, 0) is 23.9 Å². The SMILES string of the molecule is COCCOCC(O)c1ccsc1C. The van der Waals surface area contributed by atoms with E-state index in [9.17, 15) is 5.11 Å². The molecule has 1 heterocycles. The zero-order chi connectivity index (χ0) is 10.4. The van der Waals surface area contributed by atoms with Gasteiger partial charge < -0.3 is 14.6 Å². The van der Waals surface area contributed by atoms with E-state index < -0.39 is 6.10 Å². The van der Waals surface area contributed by atoms with Crippen LogP contribution in [0.4, 0.5) is 0 Å². The molecule has 0 amide bonds. The topological polar surface area (TPSA) is 38.7 Å². The van der Waals surface area contributed by atoms with Crippen LogP contribution in [0.15, 0.2) is 11.4 Å². The molecule has 0 bridgehead atoms. The Balaban J connectivity index is 2.28. The number of rotatable bonds is 6. The molecular formula is C10H16O3S. The Morgan fingerprint density at radius 1 is 1.50 bits per heavy atom. The van der Waals surface area contributed by atoms with Crippen molar-refractivity contribution in [2.75, 3.05) is 26.9 Å². The maximum atomic E-state index is 9.73. The van der Waals surface area contributed by atoms with Crippen LogP contribution < -0.4 is 0 Å². The summed E-state index contributed by atoms with van der Waals surface area (Å²) in [6.45, 7) is 3.42. The number of aryl methyl sites for hydroxylation is 1. The Morgan fingerprint density at radius 2 is 2.29 bits per heavy atom. The molecule has 0 fully saturated rings. The first-order chi connectivity index (χ1) is 6.75. The molecule has 1 aromatic heterocycles. The van der Waals surface area contributed by atoms with Crippen LogP contribution >= 0.6 is 11.3 Å². The smallest absolute Gasteiger partial charge is 0.103 e. The van der Waals surface area contributed by atoms with Crippen LogP contribution in [0.2, 0.25) is 0 Å². The summed E-state index contributed by atoms with van der Waals surface area (Å²) in [6, 6.07) is 1.93. The fourth-order valence-corrected chi connectivity index (χ4v) is 1.93. The highest BCUT2D eigenvalue weighted by Crippen LogP contribution is 2.22. The van der Waals surface area contributed by atoms with Crippen molar-refractivity contribution >= 4 is 11.3 Å². The number of thiophene rings is 1. The second kappa shape index (κ2) is 6.14. The molecule has 1 unspecified atom stereocenters. The third-order valence-electron chi connectivity index (χ3n) is 1.97. The first-order valence-corrected chi connectivity index (χ1v) is 5.42. The van der Waals surface area contributed by atoms with Crippen LogP contribution in [0.25, 0.3) is 0 Å². The molecule has 14 heavy (non-hydrogen) atoms. The highest BCUT2D eigenvalue weighted by molar-refractivity contribution is 7.10. The average molecular weight is 216 g/mol. The van der Waals surface area contributed by atoms with Crippen molar-refractivity contribution in [3.63, 3.8) is 0 Å². The number of hydrogen-bond donors (Lipinski definition) is 1. The van der Waals surface area contributed by atoms with Crippen molar-refractivity contribution in [3.05, 3.63) is 21.9 Å². The maximum Gasteiger partial charge on any atom is 0.103 e. The van der Waals surface area contributed by atoms with E-state index in [2.05, 4.69) is 0 Å². The average Bonchev–Trinajstić information content (AvgIpc) is 2.59. The molecule has 0 aliphatic carbocycles. The quantitative estimate of drug-likeness (QED) is 0.736. The van der Waals surface area contributed by atoms with Crippen molar-refractivity contribution in [2.24, 2.45) is 0 Å². The van der Waals surface area contributed by atoms with Gasteiger partial charge in [-0.2, -0.15) is 0 Å². The Hall–Kier alpha value is -0.420. The van der Waals surface area contributed by atoms with Crippen LogP contribution in [0.5, 0.6) is 0 Å². The van der Waals surface area contributed by atoms with E-state index in [0.29, 0.717) is 19.8 Å². The van der Waals surface area contributed by atoms with Crippen molar-refractivity contribution in [1.82, 2.24) is 0 Å². The number of methoxy groups -OCH3 is 1. The second-order valence-corrected chi connectivity index (χ2v) is 4.14. The third-order valence-corrected chi connectivity index (χ3v) is 2.83. The standard InChI is InChI=1S/C10H16O3S/c1-8-9(3-6-14-8)10(11)7-13-5-4-12-2/h3,6,10-11H,4-5,7H2,1-2H3. The minimum atomic E-state index is -0.516. The lowest BCUT2D eigenvalue weighted by Crippen LogP contribution is -2.10. The Bertz CT molecular complexity index is 260. The minimum absolute atomic E-state index is 0.334. The molecular weight excluding hydrogens is 200 g/mol. The maximum absolute atomic E-state index is 9.73. The summed E-state index contributed by atoms with van der Waals surface area (Å²) in [7, 11) is 1.63. The lowest BCUT2D eigenvalue weighted by atomic mass is 10.1. The fraction of sp³-hybridized carbons (Fsp3) is 0.600. The number of ether oxygens (including phenoxy) is 2. The van der Waals surface area contributed by atoms with Crippen LogP contribution in [-0.2, 0) is 9.47 Å². The van der Waals surface area contributed by atoms with Gasteiger partial charge in [0.2, 0.25) is 0 Å². The first kappa shape index (κ1) is 11.7. The van der Waals surface area contributed by atoms with E-state index in [-0.39, 0.29) is 0 Å². The van der Waals surface area contributed by atoms with Gasteiger partial charge in [0.05, 0.1) is 19.8 Å². The summed E-state index contributed by atoms with van der Waals surface area (Å²) in [4.78, 5) is 1.15. The van der Waals surface area contributed by atoms with E-state index in [4.69, 9.17) is 9.47 Å². The summed E-state index contributed by atoms with van der Waals surface area (Å²) >= 11 is 1.64. The molecule has 1 rings (SSSR count). The Kier molecular flexibility index (Phi) is 5.11. The molecule has 4 heteroatoms. The largest absolute Gasteiger partial charge is 0.386 e. The number of aliphatic hydroxyl groups excluding tert-OH is 1. The summed E-state index contributed by atoms with van der Waals surface area (Å²) in [5.74, 6) is 0. The molecule has 1 atom stereocenters. The van der Waals surface area contributed by atoms with Crippen molar-refractivity contribution < 1.29 is 14.6 Å². The van der Waals surface area contributed by atoms with Crippen molar-refractivity contribution in [3.8, 4) is 0 Å². The van der Waals surface area contributed by atoms with E-state index in [0.717, 1.165) is 10.4 Å². The minimum Gasteiger partial charge on any atom is -0.386 e. The van der Waals surface area contributed by atoms with Gasteiger partial charge in [0, 0.05) is 12.0 Å². The molecule has 1 N–H and O–H groups in total. The molecule has 0 aromatic carbocycles. The zero-order valence-electron chi connectivity index (χ0n) is 8.53. The number of aliphatic hydroxyl groups is 1. The number of hydrogen-bond acceptors (Lipinski definition) is 4. The normalized spacial score (nSPS) is 13.1. The van der Waals surface area contributed by atoms with Gasteiger partial charge in [0.1, 0.15) is 6.10 Å². The molecule has 0 aliphatic heterocycles. The van der Waals surface area contributed by atoms with Gasteiger partial charge in [0.15, 0.2) is 0 Å². The van der Waals surface area contributed by atoms with Gasteiger partial charge in [-0.15, -0.1) is 11.3 Å². The molecule has 1 aromatic rings. The highest BCUT2D eigenvalue weighted by atomic mass is 32.1. The Morgan fingerprint density at radius 3 is 2.86 bits per heavy atom. The van der Waals surface area contributed by atoms with Gasteiger partial charge in [0.25, 0.3) is 0 Å². The summed E-state index contributed by atoms with van der Waals surface area (Å²) in [6.07, 6.45) is -0.516. The van der Waals surface area contributed by atoms with Crippen molar-refractivity contribution in [2.45, 2.75) is 13.0 Å². The summed E-state index contributed by atoms with van der Waals surface area (Å²) < 4.78 is 10.1. The molecule has 3 nitrogen and oxygen atoms in total. The van der Waals surface area contributed by atoms with Crippen LogP contribution in [-0.4, -0.2) is 32.0 Å². The Labute approximate surface area is 88.3 Å². The van der Waals surface area contributed by atoms with Gasteiger partial charge in [-0.3, -0.25) is 0 Å². The lowest BCUT2D eigenvalue weighted by molar-refractivity contribution is 0.0125. The van der Waals surface area contributed by atoms with Gasteiger partial charge in [-0.1, -0.05) is 0 Å². The molecule has 0 spiro atoms. The van der Waals surface area contributed by atoms with E-state index in [1.54, 1.807) is 18.4 Å². The lowest BCUT2D eigenvalue weighted by Gasteiger charge is -2.10.